The van der Waals surface area contributed by atoms with Gasteiger partial charge in [-0.15, -0.1) is 0 Å². The number of benzene rings is 2. The summed E-state index contributed by atoms with van der Waals surface area (Å²) in [4.78, 5) is 14.6. The van der Waals surface area contributed by atoms with Gasteiger partial charge < -0.3 is 94.5 Å². The predicted molar refractivity (Wildman–Crippen MR) is 176 cm³/mol. The van der Waals surface area contributed by atoms with E-state index in [9.17, 15) is 71.2 Å². The first-order chi connectivity index (χ1) is 25.4. The highest BCUT2D eigenvalue weighted by atomic mass is 16.8. The van der Waals surface area contributed by atoms with Crippen LogP contribution in [0.15, 0.2) is 39.5 Å². The summed E-state index contributed by atoms with van der Waals surface area (Å²) in [6.45, 7) is 1.25. The Labute approximate surface area is 304 Å². The summed E-state index contributed by atoms with van der Waals surface area (Å²) in [6.07, 6.45) is -28.0. The second kappa shape index (κ2) is 14.3. The molecule has 0 radical (unpaired) electrons. The minimum atomic E-state index is -3.43. The molecule has 0 spiro atoms. The average Bonchev–Trinajstić information content (AvgIpc) is 3.13. The second-order valence-corrected chi connectivity index (χ2v) is 13.6. The van der Waals surface area contributed by atoms with E-state index in [1.165, 1.54) is 13.2 Å². The molecule has 2 aromatic carbocycles. The lowest BCUT2D eigenvalue weighted by atomic mass is 9.67. The minimum Gasteiger partial charge on any atom is -0.508 e. The van der Waals surface area contributed by atoms with Gasteiger partial charge in [0.05, 0.1) is 25.9 Å². The molecule has 1 aromatic heterocycles. The van der Waals surface area contributed by atoms with Crippen molar-refractivity contribution < 1.29 is 94.5 Å². The van der Waals surface area contributed by atoms with E-state index < -0.39 is 137 Å². The fourth-order valence-corrected chi connectivity index (χ4v) is 7.46. The topological polar surface area (TPSA) is 339 Å². The summed E-state index contributed by atoms with van der Waals surface area (Å²) in [6, 6.07) is 5.20. The van der Waals surface area contributed by atoms with E-state index in [1.807, 2.05) is 0 Å². The van der Waals surface area contributed by atoms with Crippen LogP contribution in [0.5, 0.6) is 28.7 Å². The van der Waals surface area contributed by atoms with Gasteiger partial charge in [-0.2, -0.15) is 0 Å². The Bertz CT molecular complexity index is 1920. The average molecular weight is 771 g/mol. The lowest BCUT2D eigenvalue weighted by molar-refractivity contribution is -0.454. The molecule has 3 aliphatic heterocycles. The molecule has 0 unspecified atom stereocenters. The number of phenolic OH excluding ortho intramolecular Hbond substituents is 3. The van der Waals surface area contributed by atoms with Crippen LogP contribution in [-0.4, -0.2) is 171 Å². The molecule has 3 saturated heterocycles. The molecular weight excluding hydrogens is 728 g/mol. The van der Waals surface area contributed by atoms with Gasteiger partial charge in [0.1, 0.15) is 83.5 Å². The van der Waals surface area contributed by atoms with Crippen LogP contribution in [0.4, 0.5) is 0 Å². The zero-order chi connectivity index (χ0) is 39.8. The Kier molecular flexibility index (Phi) is 10.6. The van der Waals surface area contributed by atoms with Crippen LogP contribution in [0.1, 0.15) is 13.8 Å². The summed E-state index contributed by atoms with van der Waals surface area (Å²) in [5.74, 6) is -7.06. The first kappa shape index (κ1) is 39.8. The van der Waals surface area contributed by atoms with Crippen LogP contribution in [0.2, 0.25) is 0 Å². The maximum atomic E-state index is 14.6. The summed E-state index contributed by atoms with van der Waals surface area (Å²) >= 11 is 0. The molecule has 15 atom stereocenters. The number of hydrogen-bond donors (Lipinski definition) is 13. The lowest BCUT2D eigenvalue weighted by Gasteiger charge is -2.63. The summed E-state index contributed by atoms with van der Waals surface area (Å²) in [5, 5.41) is 142. The SMILES string of the molecule is COc1cc(-c2oc3cc(O)cc(O)c3c(=O)c2O[C@@]2([C@@]3([C@H]4O[C@@H](CO)[C@@H](O)[C@@H](O)[C@@H]4O)O[C@@H](C)[C@H](O)[C@H](O)[C@@H]3O)O[C@@H](C)[C@H](O)[C@H](O)[C@@H]2O)ccc1O. The highest BCUT2D eigenvalue weighted by Crippen LogP contribution is 2.53. The predicted octanol–water partition coefficient (Wildman–Crippen LogP) is -3.76. The van der Waals surface area contributed by atoms with Crippen LogP contribution in [0.3, 0.4) is 0 Å². The third-order valence-corrected chi connectivity index (χ3v) is 10.4. The maximum Gasteiger partial charge on any atom is 0.274 e. The Morgan fingerprint density at radius 1 is 0.741 bits per heavy atom. The lowest BCUT2D eigenvalue weighted by Crippen LogP contribution is -2.87. The van der Waals surface area contributed by atoms with Crippen LogP contribution >= 0.6 is 0 Å². The highest BCUT2D eigenvalue weighted by molar-refractivity contribution is 5.88. The van der Waals surface area contributed by atoms with Crippen LogP contribution in [0.25, 0.3) is 22.3 Å². The van der Waals surface area contributed by atoms with Crippen LogP contribution < -0.4 is 14.9 Å². The Hall–Kier alpha value is -3.87. The van der Waals surface area contributed by atoms with Crippen molar-refractivity contribution in [1.82, 2.24) is 0 Å². The summed E-state index contributed by atoms with van der Waals surface area (Å²) < 4.78 is 35.6. The van der Waals surface area contributed by atoms with Gasteiger partial charge in [0.15, 0.2) is 29.0 Å². The van der Waals surface area contributed by atoms with Crippen molar-refractivity contribution in [2.45, 2.75) is 105 Å². The normalized spacial score (nSPS) is 40.1. The molecule has 20 heteroatoms. The molecule has 3 aromatic rings. The standard InChI is InChI=1S/C34H42O20/c1-10-20(39)25(44)30(47)33(52-10,32-27(46)24(43)22(41)18(9-35)51-32)34(31(48)26(45)21(40)11(2)53-34)54-29-23(42)19-15(38)7-13(36)8-17(19)50-28(29)12-4-5-14(37)16(6-12)49-3/h4-8,10-11,18,20-22,24-27,30-32,35-41,43-48H,9H2,1-3H3/t10-,11-,18-,20-,21-,22+,24+,25-,26-,27-,30-,31-,32-,33+,34-/m0/s1. The van der Waals surface area contributed by atoms with E-state index in [0.29, 0.717) is 0 Å². The molecule has 0 amide bonds. The molecule has 6 rings (SSSR count). The van der Waals surface area contributed by atoms with Gasteiger partial charge in [0.2, 0.25) is 11.2 Å². The highest BCUT2D eigenvalue weighted by Gasteiger charge is 2.78. The minimum absolute atomic E-state index is 0.133. The third-order valence-electron chi connectivity index (χ3n) is 10.4. The molecule has 54 heavy (non-hydrogen) atoms. The van der Waals surface area contributed by atoms with Crippen molar-refractivity contribution in [1.29, 1.82) is 0 Å². The molecule has 0 aliphatic carbocycles. The quantitative estimate of drug-likeness (QED) is 0.110. The molecule has 3 fully saturated rings. The smallest absolute Gasteiger partial charge is 0.274 e. The van der Waals surface area contributed by atoms with E-state index in [-0.39, 0.29) is 17.1 Å². The number of rotatable bonds is 7. The van der Waals surface area contributed by atoms with Crippen molar-refractivity contribution in [3.8, 4) is 40.1 Å². The van der Waals surface area contributed by atoms with E-state index >= 15 is 0 Å². The molecular formula is C34H42O20. The van der Waals surface area contributed by atoms with Crippen LogP contribution in [0, 0.1) is 0 Å². The number of fused-ring (bicyclic) bond motifs is 1. The number of methoxy groups -OCH3 is 1. The fourth-order valence-electron chi connectivity index (χ4n) is 7.46. The van der Waals surface area contributed by atoms with Gasteiger partial charge in [-0.05, 0) is 32.0 Å². The van der Waals surface area contributed by atoms with Crippen molar-refractivity contribution in [2.24, 2.45) is 0 Å². The van der Waals surface area contributed by atoms with Crippen molar-refractivity contribution in [3.63, 3.8) is 0 Å². The Morgan fingerprint density at radius 2 is 1.37 bits per heavy atom. The van der Waals surface area contributed by atoms with Gasteiger partial charge >= 0.3 is 0 Å². The van der Waals surface area contributed by atoms with Crippen LogP contribution in [-0.2, 0) is 14.2 Å². The molecule has 3 aliphatic rings. The van der Waals surface area contributed by atoms with E-state index in [2.05, 4.69) is 0 Å². The zero-order valence-electron chi connectivity index (χ0n) is 28.8. The molecule has 0 saturated carbocycles. The maximum absolute atomic E-state index is 14.6. The number of aliphatic hydroxyl groups is 10. The first-order valence-corrected chi connectivity index (χ1v) is 16.7. The Morgan fingerprint density at radius 3 is 2.00 bits per heavy atom. The van der Waals surface area contributed by atoms with Gasteiger partial charge in [-0.3, -0.25) is 4.79 Å². The van der Waals surface area contributed by atoms with E-state index in [4.69, 9.17) is 28.1 Å². The van der Waals surface area contributed by atoms with Crippen molar-refractivity contribution in [3.05, 3.63) is 40.6 Å². The summed E-state index contributed by atoms with van der Waals surface area (Å²) in [7, 11) is 1.20. The van der Waals surface area contributed by atoms with Gasteiger partial charge in [0.25, 0.3) is 5.79 Å². The monoisotopic (exact) mass is 770 g/mol. The molecule has 13 N–H and O–H groups in total. The number of ether oxygens (including phenoxy) is 5. The molecule has 4 heterocycles. The van der Waals surface area contributed by atoms with Gasteiger partial charge in [-0.25, -0.2) is 0 Å². The molecule has 20 nitrogen and oxygen atoms in total. The number of aromatic hydroxyl groups is 3. The largest absolute Gasteiger partial charge is 0.508 e. The summed E-state index contributed by atoms with van der Waals surface area (Å²) in [5.41, 5.74) is -5.12. The second-order valence-electron chi connectivity index (χ2n) is 13.6. The fraction of sp³-hybridized carbons (Fsp3) is 0.559. The third kappa shape index (κ3) is 5.85. The van der Waals surface area contributed by atoms with E-state index in [1.54, 1.807) is 0 Å². The zero-order valence-corrected chi connectivity index (χ0v) is 28.8. The number of phenols is 3. The van der Waals surface area contributed by atoms with Crippen molar-refractivity contribution >= 4 is 11.0 Å². The number of aliphatic hydroxyl groups excluding tert-OH is 10. The van der Waals surface area contributed by atoms with E-state index in [0.717, 1.165) is 38.1 Å². The number of hydrogen-bond acceptors (Lipinski definition) is 20. The molecule has 298 valence electrons. The first-order valence-electron chi connectivity index (χ1n) is 16.7. The van der Waals surface area contributed by atoms with Crippen molar-refractivity contribution in [2.75, 3.05) is 13.7 Å². The van der Waals surface area contributed by atoms with Gasteiger partial charge in [-0.1, -0.05) is 0 Å². The van der Waals surface area contributed by atoms with Gasteiger partial charge in [0, 0.05) is 17.7 Å². The molecule has 0 bridgehead atoms. The Balaban J connectivity index is 1.74.